The monoisotopic (exact) mass is 521 g/mol. The van der Waals surface area contributed by atoms with Gasteiger partial charge in [0.05, 0.1) is 33.3 Å². The quantitative estimate of drug-likeness (QED) is 0.237. The van der Waals surface area contributed by atoms with Gasteiger partial charge in [-0.3, -0.25) is 9.59 Å². The largest absolute Gasteiger partial charge is 0.464 e. The molecule has 3 heterocycles. The smallest absolute Gasteiger partial charge is 0.258 e. The molecule has 0 atom stereocenters. The number of carbonyl (C=O) groups excluding carboxylic acids is 2. The molecule has 0 unspecified atom stereocenters. The van der Waals surface area contributed by atoms with Crippen LogP contribution in [0, 0.1) is 6.92 Å². The molecule has 0 aliphatic rings. The van der Waals surface area contributed by atoms with E-state index in [1.165, 1.54) is 12.3 Å². The zero-order valence-corrected chi connectivity index (χ0v) is 20.6. The molecule has 6 nitrogen and oxygen atoms in total. The summed E-state index contributed by atoms with van der Waals surface area (Å²) in [7, 11) is 0. The Bertz CT molecular complexity index is 1600. The number of pyridine rings is 1. The molecule has 0 saturated carbocycles. The number of hydrogen-bond acceptors (Lipinski definition) is 6. The molecule has 5 aromatic rings. The third-order valence-corrected chi connectivity index (χ3v) is 7.31. The fourth-order valence-electron chi connectivity index (χ4n) is 3.86. The number of thiophene rings is 1. The molecule has 174 valence electrons. The zero-order chi connectivity index (χ0) is 24.7. The first-order chi connectivity index (χ1) is 16.8. The van der Waals surface area contributed by atoms with Gasteiger partial charge in [-0.15, -0.1) is 11.3 Å². The Morgan fingerprint density at radius 1 is 1.03 bits per heavy atom. The van der Waals surface area contributed by atoms with Crippen molar-refractivity contribution in [2.45, 2.75) is 6.92 Å². The molecule has 1 amide bonds. The highest BCUT2D eigenvalue weighted by molar-refractivity contribution is 7.21. The summed E-state index contributed by atoms with van der Waals surface area (Å²) in [4.78, 5) is 32.2. The SMILES string of the molecule is Cc1nc2sc(C(=O)c3ccc(Cl)c(Cl)c3)c(N)c2c(-c2ccco2)c1C(=O)Nc1ccccc1. The van der Waals surface area contributed by atoms with Crippen molar-refractivity contribution in [2.75, 3.05) is 11.1 Å². The summed E-state index contributed by atoms with van der Waals surface area (Å²) in [5.41, 5.74) is 9.01. The van der Waals surface area contributed by atoms with E-state index >= 15 is 0 Å². The summed E-state index contributed by atoms with van der Waals surface area (Å²) >= 11 is 13.3. The molecule has 3 N–H and O–H groups in total. The number of carbonyl (C=O) groups is 2. The Kier molecular flexibility index (Phi) is 6.06. The molecule has 0 aliphatic carbocycles. The van der Waals surface area contributed by atoms with Crippen LogP contribution < -0.4 is 11.1 Å². The van der Waals surface area contributed by atoms with Gasteiger partial charge in [0.25, 0.3) is 5.91 Å². The minimum Gasteiger partial charge on any atom is -0.464 e. The van der Waals surface area contributed by atoms with Crippen molar-refractivity contribution in [1.29, 1.82) is 0 Å². The van der Waals surface area contributed by atoms with Crippen molar-refractivity contribution in [3.63, 3.8) is 0 Å². The molecule has 5 rings (SSSR count). The van der Waals surface area contributed by atoms with E-state index in [1.54, 1.807) is 43.3 Å². The number of aryl methyl sites for hydroxylation is 1. The number of halogens is 2. The predicted molar refractivity (Wildman–Crippen MR) is 141 cm³/mol. The first-order valence-corrected chi connectivity index (χ1v) is 12.0. The van der Waals surface area contributed by atoms with Gasteiger partial charge >= 0.3 is 0 Å². The van der Waals surface area contributed by atoms with Gasteiger partial charge in [-0.05, 0) is 49.4 Å². The fraction of sp³-hybridized carbons (Fsp3) is 0.0385. The second-order valence-electron chi connectivity index (χ2n) is 7.73. The molecule has 0 radical (unpaired) electrons. The second kappa shape index (κ2) is 9.19. The van der Waals surface area contributed by atoms with Crippen molar-refractivity contribution in [3.8, 4) is 11.3 Å². The number of anilines is 2. The van der Waals surface area contributed by atoms with Gasteiger partial charge in [-0.25, -0.2) is 4.98 Å². The topological polar surface area (TPSA) is 98.2 Å². The summed E-state index contributed by atoms with van der Waals surface area (Å²) in [6.07, 6.45) is 1.51. The van der Waals surface area contributed by atoms with Gasteiger partial charge < -0.3 is 15.5 Å². The van der Waals surface area contributed by atoms with Crippen LogP contribution >= 0.6 is 34.5 Å². The molecule has 0 fully saturated rings. The van der Waals surface area contributed by atoms with Gasteiger partial charge in [0, 0.05) is 22.2 Å². The zero-order valence-electron chi connectivity index (χ0n) is 18.3. The number of nitrogen functional groups attached to an aromatic ring is 1. The minimum atomic E-state index is -0.363. The minimum absolute atomic E-state index is 0.216. The van der Waals surface area contributed by atoms with Gasteiger partial charge in [0.15, 0.2) is 0 Å². The predicted octanol–water partition coefficient (Wildman–Crippen LogP) is 7.24. The first-order valence-electron chi connectivity index (χ1n) is 10.5. The summed E-state index contributed by atoms with van der Waals surface area (Å²) in [6, 6.07) is 17.2. The molecular formula is C26H17Cl2N3O3S. The Balaban J connectivity index is 1.71. The van der Waals surface area contributed by atoms with Crippen LogP contribution in [0.25, 0.3) is 21.5 Å². The average Bonchev–Trinajstić information content (AvgIpc) is 3.48. The molecule has 9 heteroatoms. The van der Waals surface area contributed by atoms with Crippen LogP contribution in [0.5, 0.6) is 0 Å². The normalized spacial score (nSPS) is 11.1. The third-order valence-electron chi connectivity index (χ3n) is 5.47. The number of rotatable bonds is 5. The highest BCUT2D eigenvalue weighted by Gasteiger charge is 2.28. The molecule has 0 saturated heterocycles. The van der Waals surface area contributed by atoms with Gasteiger partial charge in [-0.1, -0.05) is 41.4 Å². The second-order valence-corrected chi connectivity index (χ2v) is 9.54. The van der Waals surface area contributed by atoms with E-state index in [0.717, 1.165) is 11.3 Å². The van der Waals surface area contributed by atoms with Crippen molar-refractivity contribution in [2.24, 2.45) is 0 Å². The Morgan fingerprint density at radius 2 is 1.80 bits per heavy atom. The highest BCUT2D eigenvalue weighted by Crippen LogP contribution is 2.43. The van der Waals surface area contributed by atoms with Gasteiger partial charge in [0.1, 0.15) is 15.5 Å². The Hall–Kier alpha value is -3.65. The number of amides is 1. The fourth-order valence-corrected chi connectivity index (χ4v) is 5.27. The first kappa shape index (κ1) is 23.1. The highest BCUT2D eigenvalue weighted by atomic mass is 35.5. The number of nitrogens with one attached hydrogen (secondary N) is 1. The number of hydrogen-bond donors (Lipinski definition) is 2. The third kappa shape index (κ3) is 4.18. The summed E-state index contributed by atoms with van der Waals surface area (Å²) in [6.45, 7) is 1.74. The lowest BCUT2D eigenvalue weighted by Gasteiger charge is -2.13. The maximum atomic E-state index is 13.4. The van der Waals surface area contributed by atoms with Crippen LogP contribution in [0.2, 0.25) is 10.0 Å². The van der Waals surface area contributed by atoms with Gasteiger partial charge in [0.2, 0.25) is 5.78 Å². The van der Waals surface area contributed by atoms with Crippen LogP contribution in [-0.4, -0.2) is 16.7 Å². The van der Waals surface area contributed by atoms with Crippen molar-refractivity contribution < 1.29 is 14.0 Å². The molecule has 2 aromatic carbocycles. The molecular weight excluding hydrogens is 505 g/mol. The van der Waals surface area contributed by atoms with Crippen LogP contribution in [0.15, 0.2) is 71.3 Å². The summed E-state index contributed by atoms with van der Waals surface area (Å²) in [5, 5.41) is 4.00. The molecule has 0 aliphatic heterocycles. The number of aromatic nitrogens is 1. The average molecular weight is 522 g/mol. The number of ketones is 1. The molecule has 0 spiro atoms. The van der Waals surface area contributed by atoms with Crippen molar-refractivity contribution in [1.82, 2.24) is 4.98 Å². The van der Waals surface area contributed by atoms with E-state index in [9.17, 15) is 9.59 Å². The number of furan rings is 1. The lowest BCUT2D eigenvalue weighted by Crippen LogP contribution is -2.16. The standard InChI is InChI=1S/C26H17Cl2N3O3S/c1-13-19(25(33)31-15-6-3-2-4-7-15)20(18-8-5-11-34-18)21-22(29)24(35-26(21)30-13)23(32)14-9-10-16(27)17(28)12-14/h2-12H,29H2,1H3,(H,31,33). The van der Waals surface area contributed by atoms with Crippen LogP contribution in [0.3, 0.4) is 0 Å². The number of benzene rings is 2. The Morgan fingerprint density at radius 3 is 2.49 bits per heavy atom. The summed E-state index contributed by atoms with van der Waals surface area (Å²) < 4.78 is 5.69. The van der Waals surface area contributed by atoms with E-state index in [4.69, 9.17) is 33.4 Å². The lowest BCUT2D eigenvalue weighted by molar-refractivity contribution is 0.102. The molecule has 35 heavy (non-hydrogen) atoms. The number of nitrogens with two attached hydrogens (primary N) is 1. The maximum Gasteiger partial charge on any atom is 0.258 e. The van der Waals surface area contributed by atoms with Crippen molar-refractivity contribution >= 4 is 67.8 Å². The van der Waals surface area contributed by atoms with E-state index in [1.807, 2.05) is 18.2 Å². The number of para-hydroxylation sites is 1. The number of nitrogens with zero attached hydrogens (tertiary/aromatic N) is 1. The van der Waals surface area contributed by atoms with E-state index < -0.39 is 0 Å². The van der Waals surface area contributed by atoms with E-state index in [0.29, 0.717) is 53.9 Å². The van der Waals surface area contributed by atoms with E-state index in [2.05, 4.69) is 10.3 Å². The van der Waals surface area contributed by atoms with Crippen LogP contribution in [-0.2, 0) is 0 Å². The van der Waals surface area contributed by atoms with E-state index in [-0.39, 0.29) is 22.4 Å². The molecule has 3 aromatic heterocycles. The van der Waals surface area contributed by atoms with Gasteiger partial charge in [-0.2, -0.15) is 0 Å². The lowest BCUT2D eigenvalue weighted by atomic mass is 9.98. The Labute approximate surface area is 214 Å². The van der Waals surface area contributed by atoms with Crippen LogP contribution in [0.1, 0.15) is 31.3 Å². The van der Waals surface area contributed by atoms with Crippen molar-refractivity contribution in [3.05, 3.63) is 98.7 Å². The summed E-state index contributed by atoms with van der Waals surface area (Å²) in [5.74, 6) is -0.239. The number of fused-ring (bicyclic) bond motifs is 1. The maximum absolute atomic E-state index is 13.4. The van der Waals surface area contributed by atoms with Crippen LogP contribution in [0.4, 0.5) is 11.4 Å². The molecule has 0 bridgehead atoms.